The lowest BCUT2D eigenvalue weighted by Crippen LogP contribution is -2.39. The number of halogens is 3. The first kappa shape index (κ1) is 20.6. The van der Waals surface area contributed by atoms with Gasteiger partial charge in [0.05, 0.1) is 5.56 Å². The lowest BCUT2D eigenvalue weighted by molar-refractivity contribution is -0.137. The normalized spacial score (nSPS) is 12.5. The molecule has 0 aromatic heterocycles. The van der Waals surface area contributed by atoms with E-state index in [-0.39, 0.29) is 11.3 Å². The second kappa shape index (κ2) is 8.33. The second-order valence-corrected chi connectivity index (χ2v) is 6.17. The molecule has 0 bridgehead atoms. The highest BCUT2D eigenvalue weighted by Crippen LogP contribution is 2.31. The molecule has 4 nitrogen and oxygen atoms in total. The van der Waals surface area contributed by atoms with Crippen molar-refractivity contribution in [2.24, 2.45) is 0 Å². The zero-order chi connectivity index (χ0) is 20.2. The number of rotatable bonds is 6. The number of carbonyl (C=O) groups excluding carboxylic acids is 1. The van der Waals surface area contributed by atoms with Gasteiger partial charge >= 0.3 is 6.18 Å². The molecule has 2 N–H and O–H groups in total. The minimum atomic E-state index is -4.52. The number of nitrogens with one attached hydrogen (secondary N) is 1. The van der Waals surface area contributed by atoms with Crippen LogP contribution in [0.25, 0.3) is 0 Å². The highest BCUT2D eigenvalue weighted by molar-refractivity contribution is 5.94. The Bertz CT molecular complexity index is 819. The topological polar surface area (TPSA) is 58.6 Å². The molecule has 7 heteroatoms. The van der Waals surface area contributed by atoms with Gasteiger partial charge in [-0.1, -0.05) is 19.9 Å². The van der Waals surface area contributed by atoms with Crippen molar-refractivity contribution in [3.8, 4) is 11.5 Å². The second-order valence-electron chi connectivity index (χ2n) is 6.17. The number of carbonyl (C=O) groups is 1. The lowest BCUT2D eigenvalue weighted by atomic mass is 10.1. The molecule has 146 valence electrons. The molecule has 0 saturated carbocycles. The molecule has 0 spiro atoms. The van der Waals surface area contributed by atoms with Crippen LogP contribution in [0.15, 0.2) is 36.4 Å². The van der Waals surface area contributed by atoms with Crippen LogP contribution in [0.4, 0.5) is 13.2 Å². The summed E-state index contributed by atoms with van der Waals surface area (Å²) in [6, 6.07) is 7.38. The van der Waals surface area contributed by atoms with Gasteiger partial charge in [-0.05, 0) is 54.8 Å². The molecule has 0 saturated heterocycles. The van der Waals surface area contributed by atoms with E-state index in [1.54, 1.807) is 26.0 Å². The van der Waals surface area contributed by atoms with Gasteiger partial charge in [-0.15, -0.1) is 0 Å². The first-order chi connectivity index (χ1) is 12.7. The van der Waals surface area contributed by atoms with Crippen LogP contribution >= 0.6 is 0 Å². The minimum absolute atomic E-state index is 0.0926. The van der Waals surface area contributed by atoms with Gasteiger partial charge in [-0.3, -0.25) is 4.79 Å². The van der Waals surface area contributed by atoms with Crippen molar-refractivity contribution in [1.29, 1.82) is 0 Å². The molecule has 1 atom stereocenters. The number of aryl methyl sites for hydroxylation is 2. The van der Waals surface area contributed by atoms with Gasteiger partial charge in [0.25, 0.3) is 5.91 Å². The predicted octanol–water partition coefficient (Wildman–Crippen LogP) is 4.83. The number of phenolic OH excluding ortho intramolecular Hbond substituents is 1. The fraction of sp³-hybridized carbons (Fsp3) is 0.350. The van der Waals surface area contributed by atoms with E-state index in [1.807, 2.05) is 6.92 Å². The number of amides is 1. The number of ether oxygens (including phenoxy) is 1. The fourth-order valence-corrected chi connectivity index (χ4v) is 2.68. The summed E-state index contributed by atoms with van der Waals surface area (Å²) < 4.78 is 44.4. The maximum atomic E-state index is 12.8. The summed E-state index contributed by atoms with van der Waals surface area (Å²) >= 11 is 0. The molecule has 1 unspecified atom stereocenters. The number of hydrogen-bond acceptors (Lipinski definition) is 3. The van der Waals surface area contributed by atoms with Crippen molar-refractivity contribution in [3.63, 3.8) is 0 Å². The lowest BCUT2D eigenvalue weighted by Gasteiger charge is -2.22. The van der Waals surface area contributed by atoms with Crippen LogP contribution in [0.5, 0.6) is 11.5 Å². The summed E-state index contributed by atoms with van der Waals surface area (Å²) in [4.78, 5) is 12.4. The van der Waals surface area contributed by atoms with Gasteiger partial charge < -0.3 is 15.2 Å². The van der Waals surface area contributed by atoms with E-state index < -0.39 is 23.9 Å². The van der Waals surface area contributed by atoms with E-state index in [1.165, 1.54) is 12.1 Å². The Kier molecular flexibility index (Phi) is 6.36. The Morgan fingerprint density at radius 3 is 2.52 bits per heavy atom. The molecule has 0 aliphatic heterocycles. The fourth-order valence-electron chi connectivity index (χ4n) is 2.68. The molecule has 0 aliphatic carbocycles. The van der Waals surface area contributed by atoms with E-state index in [0.29, 0.717) is 24.2 Å². The van der Waals surface area contributed by atoms with E-state index >= 15 is 0 Å². The van der Waals surface area contributed by atoms with Crippen LogP contribution in [-0.4, -0.2) is 17.2 Å². The average Bonchev–Trinajstić information content (AvgIpc) is 2.61. The molecule has 0 aliphatic rings. The first-order valence-electron chi connectivity index (χ1n) is 8.63. The maximum Gasteiger partial charge on any atom is 0.416 e. The van der Waals surface area contributed by atoms with Crippen LogP contribution in [0, 0.1) is 6.92 Å². The molecule has 2 aromatic rings. The Morgan fingerprint density at radius 1 is 1.22 bits per heavy atom. The highest BCUT2D eigenvalue weighted by atomic mass is 19.4. The first-order valence-corrected chi connectivity index (χ1v) is 8.63. The minimum Gasteiger partial charge on any atom is -0.508 e. The molecular formula is C20H22F3NO3. The van der Waals surface area contributed by atoms with E-state index in [4.69, 9.17) is 4.74 Å². The third-order valence-electron chi connectivity index (χ3n) is 4.09. The number of aromatic hydroxyl groups is 1. The number of benzene rings is 2. The third kappa shape index (κ3) is 5.15. The van der Waals surface area contributed by atoms with Crippen molar-refractivity contribution in [1.82, 2.24) is 5.32 Å². The molecular weight excluding hydrogens is 359 g/mol. The molecule has 0 heterocycles. The molecule has 27 heavy (non-hydrogen) atoms. The Balaban J connectivity index is 2.20. The van der Waals surface area contributed by atoms with E-state index in [0.717, 1.165) is 17.7 Å². The summed E-state index contributed by atoms with van der Waals surface area (Å²) in [6.07, 6.45) is -4.21. The molecule has 2 rings (SSSR count). The Morgan fingerprint density at radius 2 is 1.93 bits per heavy atom. The van der Waals surface area contributed by atoms with Crippen LogP contribution in [0.2, 0.25) is 0 Å². The largest absolute Gasteiger partial charge is 0.508 e. The van der Waals surface area contributed by atoms with Crippen molar-refractivity contribution in [3.05, 3.63) is 58.7 Å². The highest BCUT2D eigenvalue weighted by Gasteiger charge is 2.31. The molecule has 2 aromatic carbocycles. The summed E-state index contributed by atoms with van der Waals surface area (Å²) in [6.45, 7) is 5.47. The van der Waals surface area contributed by atoms with Crippen molar-refractivity contribution >= 4 is 5.91 Å². The van der Waals surface area contributed by atoms with Crippen LogP contribution < -0.4 is 10.1 Å². The van der Waals surface area contributed by atoms with Gasteiger partial charge in [0.1, 0.15) is 11.5 Å². The zero-order valence-electron chi connectivity index (χ0n) is 15.4. The molecule has 1 amide bonds. The van der Waals surface area contributed by atoms with Gasteiger partial charge in [0.15, 0.2) is 6.23 Å². The number of hydrogen-bond donors (Lipinski definition) is 2. The summed E-state index contributed by atoms with van der Waals surface area (Å²) in [5.41, 5.74) is 0.509. The van der Waals surface area contributed by atoms with Crippen molar-refractivity contribution in [2.45, 2.75) is 46.0 Å². The van der Waals surface area contributed by atoms with E-state index in [2.05, 4.69) is 5.32 Å². The van der Waals surface area contributed by atoms with Gasteiger partial charge in [-0.2, -0.15) is 13.2 Å². The SMILES string of the molecule is CCc1cc(O)cc(C)c1OC(CC)NC(=O)c1cccc(C(F)(F)F)c1. The predicted molar refractivity (Wildman–Crippen MR) is 95.8 cm³/mol. The van der Waals surface area contributed by atoms with Crippen LogP contribution in [-0.2, 0) is 12.6 Å². The monoisotopic (exact) mass is 381 g/mol. The van der Waals surface area contributed by atoms with Gasteiger partial charge in [-0.25, -0.2) is 0 Å². The smallest absolute Gasteiger partial charge is 0.416 e. The van der Waals surface area contributed by atoms with Crippen LogP contribution in [0.3, 0.4) is 0 Å². The maximum absolute atomic E-state index is 12.8. The van der Waals surface area contributed by atoms with Crippen molar-refractivity contribution < 1.29 is 27.8 Å². The standard InChI is InChI=1S/C20H22F3NO3/c1-4-13-11-16(25)9-12(3)18(13)27-17(5-2)24-19(26)14-7-6-8-15(10-14)20(21,22)23/h6-11,17,25H,4-5H2,1-3H3,(H,24,26). The molecule has 0 radical (unpaired) electrons. The number of alkyl halides is 3. The summed E-state index contributed by atoms with van der Waals surface area (Å²) in [7, 11) is 0. The van der Waals surface area contributed by atoms with Crippen LogP contribution in [0.1, 0.15) is 47.3 Å². The quantitative estimate of drug-likeness (QED) is 0.705. The zero-order valence-corrected chi connectivity index (χ0v) is 15.4. The number of phenols is 1. The third-order valence-corrected chi connectivity index (χ3v) is 4.09. The average molecular weight is 381 g/mol. The van der Waals surface area contributed by atoms with E-state index in [9.17, 15) is 23.1 Å². The van der Waals surface area contributed by atoms with Gasteiger partial charge in [0.2, 0.25) is 0 Å². The summed E-state index contributed by atoms with van der Waals surface area (Å²) in [5.74, 6) is 0.0201. The molecule has 0 fully saturated rings. The van der Waals surface area contributed by atoms with Gasteiger partial charge in [0, 0.05) is 12.0 Å². The summed E-state index contributed by atoms with van der Waals surface area (Å²) in [5, 5.41) is 12.3. The Labute approximate surface area is 156 Å². The van der Waals surface area contributed by atoms with Crippen molar-refractivity contribution in [2.75, 3.05) is 0 Å². The Hall–Kier alpha value is -2.70.